The summed E-state index contributed by atoms with van der Waals surface area (Å²) in [5.41, 5.74) is -0.0405. The number of amides is 1. The number of nitrogens with one attached hydrogen (secondary N) is 2. The fourth-order valence-electron chi connectivity index (χ4n) is 1.52. The van der Waals surface area contributed by atoms with Crippen LogP contribution in [0.4, 0.5) is 5.82 Å². The standard InChI is InChI=1S/C11H15N3O5/c1-3-6(2)9(11(16)17)13-10(15)7-4-5-8(12-7)14(18)19/h4-6,9,12H,3H2,1-2H3,(H,13,15)(H,16,17)/t6?,9-/m0/s1. The van der Waals surface area contributed by atoms with Crippen LogP contribution in [0.3, 0.4) is 0 Å². The summed E-state index contributed by atoms with van der Waals surface area (Å²) in [6.45, 7) is 3.52. The number of H-pyrrole nitrogens is 1. The van der Waals surface area contributed by atoms with Crippen LogP contribution < -0.4 is 5.32 Å². The minimum Gasteiger partial charge on any atom is -0.480 e. The molecule has 104 valence electrons. The van der Waals surface area contributed by atoms with Crippen LogP contribution >= 0.6 is 0 Å². The lowest BCUT2D eigenvalue weighted by atomic mass is 9.99. The van der Waals surface area contributed by atoms with E-state index in [0.717, 1.165) is 6.07 Å². The molecular weight excluding hydrogens is 254 g/mol. The molecular formula is C11H15N3O5. The molecule has 3 N–H and O–H groups in total. The van der Waals surface area contributed by atoms with Gasteiger partial charge in [0.15, 0.2) is 5.69 Å². The van der Waals surface area contributed by atoms with E-state index in [-0.39, 0.29) is 17.4 Å². The van der Waals surface area contributed by atoms with Gasteiger partial charge in [0, 0.05) is 6.07 Å². The Kier molecular flexibility index (Phi) is 4.62. The molecule has 0 bridgehead atoms. The normalized spacial score (nSPS) is 13.6. The molecule has 1 unspecified atom stereocenters. The number of rotatable bonds is 6. The molecule has 0 spiro atoms. The molecule has 0 aliphatic carbocycles. The van der Waals surface area contributed by atoms with Crippen LogP contribution in [0.5, 0.6) is 0 Å². The fourth-order valence-corrected chi connectivity index (χ4v) is 1.52. The van der Waals surface area contributed by atoms with E-state index >= 15 is 0 Å². The number of carbonyl (C=O) groups excluding carboxylic acids is 1. The molecule has 0 aromatic carbocycles. The Morgan fingerprint density at radius 3 is 2.58 bits per heavy atom. The van der Waals surface area contributed by atoms with E-state index in [4.69, 9.17) is 5.11 Å². The first-order valence-corrected chi connectivity index (χ1v) is 5.73. The quantitative estimate of drug-likeness (QED) is 0.527. The molecule has 1 amide bonds. The monoisotopic (exact) mass is 269 g/mol. The zero-order valence-electron chi connectivity index (χ0n) is 10.5. The Labute approximate surface area is 109 Å². The smallest absolute Gasteiger partial charge is 0.326 e. The molecule has 19 heavy (non-hydrogen) atoms. The van der Waals surface area contributed by atoms with E-state index in [0.29, 0.717) is 6.42 Å². The third kappa shape index (κ3) is 3.54. The van der Waals surface area contributed by atoms with Crippen molar-refractivity contribution in [2.45, 2.75) is 26.3 Å². The van der Waals surface area contributed by atoms with Crippen molar-refractivity contribution < 1.29 is 19.6 Å². The number of hydrogen-bond donors (Lipinski definition) is 3. The van der Waals surface area contributed by atoms with Crippen molar-refractivity contribution in [3.05, 3.63) is 27.9 Å². The van der Waals surface area contributed by atoms with Gasteiger partial charge < -0.3 is 20.5 Å². The van der Waals surface area contributed by atoms with E-state index in [1.54, 1.807) is 6.92 Å². The summed E-state index contributed by atoms with van der Waals surface area (Å²) in [5.74, 6) is -2.38. The molecule has 0 aliphatic heterocycles. The van der Waals surface area contributed by atoms with Crippen LogP contribution in [0.15, 0.2) is 12.1 Å². The number of nitrogens with zero attached hydrogens (tertiary/aromatic N) is 1. The maximum Gasteiger partial charge on any atom is 0.326 e. The predicted molar refractivity (Wildman–Crippen MR) is 65.8 cm³/mol. The van der Waals surface area contributed by atoms with Crippen LogP contribution in [-0.2, 0) is 4.79 Å². The Balaban J connectivity index is 2.81. The van der Waals surface area contributed by atoms with Gasteiger partial charge in [-0.1, -0.05) is 20.3 Å². The van der Waals surface area contributed by atoms with Gasteiger partial charge in [-0.05, 0) is 16.9 Å². The van der Waals surface area contributed by atoms with Crippen molar-refractivity contribution in [2.24, 2.45) is 5.92 Å². The molecule has 0 radical (unpaired) electrons. The highest BCUT2D eigenvalue weighted by Gasteiger charge is 2.27. The highest BCUT2D eigenvalue weighted by Crippen LogP contribution is 2.12. The second kappa shape index (κ2) is 5.98. The molecule has 0 fully saturated rings. The lowest BCUT2D eigenvalue weighted by Crippen LogP contribution is -2.45. The predicted octanol–water partition coefficient (Wildman–Crippen LogP) is 1.15. The van der Waals surface area contributed by atoms with Gasteiger partial charge in [0.25, 0.3) is 5.91 Å². The lowest BCUT2D eigenvalue weighted by molar-refractivity contribution is -0.389. The number of nitro groups is 1. The largest absolute Gasteiger partial charge is 0.480 e. The summed E-state index contributed by atoms with van der Waals surface area (Å²) in [5, 5.41) is 21.8. The maximum atomic E-state index is 11.8. The van der Waals surface area contributed by atoms with E-state index in [9.17, 15) is 19.7 Å². The van der Waals surface area contributed by atoms with Gasteiger partial charge in [-0.2, -0.15) is 0 Å². The number of aromatic amines is 1. The molecule has 0 aliphatic rings. The third-order valence-corrected chi connectivity index (χ3v) is 2.88. The van der Waals surface area contributed by atoms with E-state index in [2.05, 4.69) is 10.3 Å². The zero-order valence-corrected chi connectivity index (χ0v) is 10.5. The number of aromatic nitrogens is 1. The van der Waals surface area contributed by atoms with Crippen molar-refractivity contribution in [3.63, 3.8) is 0 Å². The molecule has 8 heteroatoms. The van der Waals surface area contributed by atoms with Gasteiger partial charge in [0.05, 0.1) is 0 Å². The van der Waals surface area contributed by atoms with E-state index in [1.165, 1.54) is 6.07 Å². The molecule has 2 atom stereocenters. The Bertz CT molecular complexity index is 496. The van der Waals surface area contributed by atoms with Crippen LogP contribution in [0, 0.1) is 16.0 Å². The first-order chi connectivity index (χ1) is 8.86. The number of carbonyl (C=O) groups is 2. The zero-order chi connectivity index (χ0) is 14.6. The highest BCUT2D eigenvalue weighted by atomic mass is 16.6. The lowest BCUT2D eigenvalue weighted by Gasteiger charge is -2.19. The number of carboxylic acid groups (broad SMARTS) is 1. The first kappa shape index (κ1) is 14.7. The number of hydrogen-bond acceptors (Lipinski definition) is 4. The van der Waals surface area contributed by atoms with Gasteiger partial charge in [-0.15, -0.1) is 0 Å². The van der Waals surface area contributed by atoms with Crippen LogP contribution in [0.25, 0.3) is 0 Å². The SMILES string of the molecule is CCC(C)[C@H](NC(=O)c1ccc([N+](=O)[O-])[nH]1)C(=O)O. The molecule has 1 aromatic heterocycles. The van der Waals surface area contributed by atoms with Gasteiger partial charge in [0.2, 0.25) is 0 Å². The number of aliphatic carboxylic acids is 1. The summed E-state index contributed by atoms with van der Waals surface area (Å²) >= 11 is 0. The summed E-state index contributed by atoms with van der Waals surface area (Å²) < 4.78 is 0. The van der Waals surface area contributed by atoms with Crippen molar-refractivity contribution in [2.75, 3.05) is 0 Å². The minimum absolute atomic E-state index is 0.0405. The Morgan fingerprint density at radius 2 is 2.16 bits per heavy atom. The summed E-state index contributed by atoms with van der Waals surface area (Å²) in [6, 6.07) is 1.36. The molecule has 1 heterocycles. The van der Waals surface area contributed by atoms with Crippen molar-refractivity contribution >= 4 is 17.7 Å². The van der Waals surface area contributed by atoms with Crippen LogP contribution in [0.2, 0.25) is 0 Å². The molecule has 1 aromatic rings. The summed E-state index contributed by atoms with van der Waals surface area (Å²) in [6.07, 6.45) is 0.585. The van der Waals surface area contributed by atoms with Crippen LogP contribution in [0.1, 0.15) is 30.8 Å². The second-order valence-electron chi connectivity index (χ2n) is 4.19. The van der Waals surface area contributed by atoms with Crippen molar-refractivity contribution in [1.82, 2.24) is 10.3 Å². The van der Waals surface area contributed by atoms with Gasteiger partial charge in [-0.3, -0.25) is 4.79 Å². The minimum atomic E-state index is -1.14. The third-order valence-electron chi connectivity index (χ3n) is 2.88. The second-order valence-corrected chi connectivity index (χ2v) is 4.19. The Hall–Kier alpha value is -2.38. The van der Waals surface area contributed by atoms with Gasteiger partial charge >= 0.3 is 11.8 Å². The molecule has 0 saturated heterocycles. The summed E-state index contributed by atoms with van der Waals surface area (Å²) in [7, 11) is 0. The van der Waals surface area contributed by atoms with Crippen molar-refractivity contribution in [1.29, 1.82) is 0 Å². The maximum absolute atomic E-state index is 11.8. The number of carboxylic acids is 1. The highest BCUT2D eigenvalue weighted by molar-refractivity contribution is 5.95. The summed E-state index contributed by atoms with van der Waals surface area (Å²) in [4.78, 5) is 34.9. The average molecular weight is 269 g/mol. The Morgan fingerprint density at radius 1 is 1.53 bits per heavy atom. The van der Waals surface area contributed by atoms with Crippen LogP contribution in [-0.4, -0.2) is 32.9 Å². The van der Waals surface area contributed by atoms with Gasteiger partial charge in [-0.25, -0.2) is 9.78 Å². The fraction of sp³-hybridized carbons (Fsp3) is 0.455. The average Bonchev–Trinajstić information content (AvgIpc) is 2.84. The molecule has 8 nitrogen and oxygen atoms in total. The van der Waals surface area contributed by atoms with E-state index < -0.39 is 22.8 Å². The van der Waals surface area contributed by atoms with Crippen molar-refractivity contribution in [3.8, 4) is 0 Å². The van der Waals surface area contributed by atoms with Gasteiger partial charge in [0.1, 0.15) is 6.04 Å². The topological polar surface area (TPSA) is 125 Å². The molecule has 0 saturated carbocycles. The first-order valence-electron chi connectivity index (χ1n) is 5.73. The van der Waals surface area contributed by atoms with E-state index in [1.807, 2.05) is 6.92 Å². The molecule has 1 rings (SSSR count).